The van der Waals surface area contributed by atoms with Crippen LogP contribution in [0, 0.1) is 0 Å². The maximum Gasteiger partial charge on any atom is 0.407 e. The van der Waals surface area contributed by atoms with Crippen LogP contribution in [0.4, 0.5) is 4.79 Å². The number of rotatable bonds is 12. The molecule has 4 nitrogen and oxygen atoms in total. The molecule has 1 amide bonds. The zero-order chi connectivity index (χ0) is 15.9. The fourth-order valence-electron chi connectivity index (χ4n) is 2.29. The van der Waals surface area contributed by atoms with Crippen molar-refractivity contribution in [2.24, 2.45) is 5.73 Å². The number of hydrogen-bond donors (Lipinski definition) is 2. The first-order valence-corrected chi connectivity index (χ1v) is 8.47. The van der Waals surface area contributed by atoms with Crippen LogP contribution in [0.25, 0.3) is 0 Å². The molecule has 0 fully saturated rings. The highest BCUT2D eigenvalue weighted by atomic mass is 35.5. The van der Waals surface area contributed by atoms with Gasteiger partial charge in [0.25, 0.3) is 0 Å². The molecule has 1 aromatic carbocycles. The van der Waals surface area contributed by atoms with E-state index in [4.69, 9.17) is 10.5 Å². The van der Waals surface area contributed by atoms with Crippen LogP contribution < -0.4 is 11.1 Å². The molecule has 0 spiro atoms. The van der Waals surface area contributed by atoms with Gasteiger partial charge in [-0.3, -0.25) is 0 Å². The van der Waals surface area contributed by atoms with Crippen LogP contribution in [0.1, 0.15) is 56.9 Å². The van der Waals surface area contributed by atoms with Crippen LogP contribution in [0.15, 0.2) is 30.3 Å². The minimum atomic E-state index is -0.328. The molecule has 0 saturated carbocycles. The Morgan fingerprint density at radius 1 is 0.913 bits per heavy atom. The van der Waals surface area contributed by atoms with E-state index < -0.39 is 0 Å². The zero-order valence-electron chi connectivity index (χ0n) is 14.0. The van der Waals surface area contributed by atoms with E-state index in [0.29, 0.717) is 13.2 Å². The molecule has 23 heavy (non-hydrogen) atoms. The number of unbranched alkanes of at least 4 members (excludes halogenated alkanes) is 7. The van der Waals surface area contributed by atoms with E-state index in [1.165, 1.54) is 32.1 Å². The van der Waals surface area contributed by atoms with Crippen molar-refractivity contribution in [2.75, 3.05) is 13.1 Å². The number of carbonyl (C=O) groups is 1. The van der Waals surface area contributed by atoms with Crippen LogP contribution in [0.5, 0.6) is 0 Å². The van der Waals surface area contributed by atoms with E-state index in [1.807, 2.05) is 30.3 Å². The average molecular weight is 343 g/mol. The summed E-state index contributed by atoms with van der Waals surface area (Å²) in [5.41, 5.74) is 6.47. The van der Waals surface area contributed by atoms with Gasteiger partial charge in [-0.25, -0.2) is 4.79 Å². The molecule has 0 aliphatic carbocycles. The summed E-state index contributed by atoms with van der Waals surface area (Å²) in [6, 6.07) is 9.71. The van der Waals surface area contributed by atoms with Gasteiger partial charge in [0.1, 0.15) is 6.61 Å². The van der Waals surface area contributed by atoms with Gasteiger partial charge in [0.2, 0.25) is 0 Å². The predicted molar refractivity (Wildman–Crippen MR) is 97.9 cm³/mol. The standard InChI is InChI=1S/C18H30N2O2.ClH/c19-14-10-5-3-1-2-4-6-11-15-20-18(21)22-16-17-12-8-7-9-13-17;/h7-9,12-13H,1-6,10-11,14-16,19H2,(H,20,21);1H. The summed E-state index contributed by atoms with van der Waals surface area (Å²) < 4.78 is 5.15. The third-order valence-corrected chi connectivity index (χ3v) is 3.61. The molecule has 3 N–H and O–H groups in total. The molecular weight excluding hydrogens is 312 g/mol. The average Bonchev–Trinajstić information content (AvgIpc) is 2.55. The van der Waals surface area contributed by atoms with E-state index in [1.54, 1.807) is 0 Å². The summed E-state index contributed by atoms with van der Waals surface area (Å²) in [4.78, 5) is 11.5. The lowest BCUT2D eigenvalue weighted by molar-refractivity contribution is 0.139. The first kappa shape index (κ1) is 21.7. The highest BCUT2D eigenvalue weighted by molar-refractivity contribution is 5.85. The van der Waals surface area contributed by atoms with Gasteiger partial charge in [-0.15, -0.1) is 12.4 Å². The van der Waals surface area contributed by atoms with Crippen molar-refractivity contribution in [2.45, 2.75) is 58.0 Å². The first-order valence-electron chi connectivity index (χ1n) is 8.47. The van der Waals surface area contributed by atoms with Crippen LogP contribution in [0.3, 0.4) is 0 Å². The van der Waals surface area contributed by atoms with Crippen LogP contribution >= 0.6 is 12.4 Å². The summed E-state index contributed by atoms with van der Waals surface area (Å²) in [5.74, 6) is 0. The van der Waals surface area contributed by atoms with E-state index in [9.17, 15) is 4.79 Å². The SMILES string of the molecule is Cl.NCCCCCCCCCCNC(=O)OCc1ccccc1. The number of alkyl carbamates (subject to hydrolysis) is 1. The number of ether oxygens (including phenoxy) is 1. The third-order valence-electron chi connectivity index (χ3n) is 3.61. The highest BCUT2D eigenvalue weighted by Crippen LogP contribution is 2.08. The Labute approximate surface area is 146 Å². The topological polar surface area (TPSA) is 64.3 Å². The summed E-state index contributed by atoms with van der Waals surface area (Å²) in [6.45, 7) is 1.84. The molecule has 5 heteroatoms. The van der Waals surface area contributed by atoms with Crippen molar-refractivity contribution >= 4 is 18.5 Å². The Morgan fingerprint density at radius 2 is 1.48 bits per heavy atom. The number of carbonyl (C=O) groups excluding carboxylic acids is 1. The Bertz CT molecular complexity index is 388. The van der Waals surface area contributed by atoms with E-state index in [2.05, 4.69) is 5.32 Å². The number of halogens is 1. The Kier molecular flexibility index (Phi) is 14.8. The van der Waals surface area contributed by atoms with Gasteiger partial charge in [0, 0.05) is 6.54 Å². The van der Waals surface area contributed by atoms with Crippen molar-refractivity contribution < 1.29 is 9.53 Å². The van der Waals surface area contributed by atoms with E-state index in [-0.39, 0.29) is 18.5 Å². The number of amides is 1. The minimum absolute atomic E-state index is 0. The van der Waals surface area contributed by atoms with Crippen LogP contribution in [-0.2, 0) is 11.3 Å². The predicted octanol–water partition coefficient (Wildman–Crippen LogP) is 4.41. The number of nitrogens with one attached hydrogen (secondary N) is 1. The van der Waals surface area contributed by atoms with Crippen LogP contribution in [-0.4, -0.2) is 19.2 Å². The fourth-order valence-corrected chi connectivity index (χ4v) is 2.29. The maximum atomic E-state index is 11.5. The van der Waals surface area contributed by atoms with Crippen molar-refractivity contribution in [3.63, 3.8) is 0 Å². The fraction of sp³-hybridized carbons (Fsp3) is 0.611. The summed E-state index contributed by atoms with van der Waals surface area (Å²) >= 11 is 0. The van der Waals surface area contributed by atoms with Gasteiger partial charge in [-0.2, -0.15) is 0 Å². The first-order chi connectivity index (χ1) is 10.8. The molecule has 0 aromatic heterocycles. The summed E-state index contributed by atoms with van der Waals surface area (Å²) in [7, 11) is 0. The Balaban J connectivity index is 0.00000484. The molecule has 0 radical (unpaired) electrons. The van der Waals surface area contributed by atoms with Gasteiger partial charge in [0.05, 0.1) is 0 Å². The van der Waals surface area contributed by atoms with E-state index in [0.717, 1.165) is 31.4 Å². The molecule has 0 aliphatic rings. The molecular formula is C18H31ClN2O2. The van der Waals surface area contributed by atoms with Crippen molar-refractivity contribution in [3.8, 4) is 0 Å². The van der Waals surface area contributed by atoms with Gasteiger partial charge in [-0.1, -0.05) is 68.9 Å². The molecule has 1 rings (SSSR count). The van der Waals surface area contributed by atoms with Gasteiger partial charge in [-0.05, 0) is 24.9 Å². The zero-order valence-corrected chi connectivity index (χ0v) is 14.8. The molecule has 132 valence electrons. The quantitative estimate of drug-likeness (QED) is 0.553. The van der Waals surface area contributed by atoms with Gasteiger partial charge >= 0.3 is 6.09 Å². The van der Waals surface area contributed by atoms with E-state index >= 15 is 0 Å². The lowest BCUT2D eigenvalue weighted by Crippen LogP contribution is -2.25. The molecule has 0 bridgehead atoms. The second kappa shape index (κ2) is 15.6. The Morgan fingerprint density at radius 3 is 2.09 bits per heavy atom. The molecule has 0 heterocycles. The molecule has 1 aromatic rings. The van der Waals surface area contributed by atoms with Crippen molar-refractivity contribution in [1.82, 2.24) is 5.32 Å². The highest BCUT2D eigenvalue weighted by Gasteiger charge is 2.01. The number of hydrogen-bond acceptors (Lipinski definition) is 3. The number of benzene rings is 1. The normalized spacial score (nSPS) is 9.96. The van der Waals surface area contributed by atoms with Gasteiger partial charge < -0.3 is 15.8 Å². The van der Waals surface area contributed by atoms with Crippen LogP contribution in [0.2, 0.25) is 0 Å². The van der Waals surface area contributed by atoms with Crippen molar-refractivity contribution in [1.29, 1.82) is 0 Å². The van der Waals surface area contributed by atoms with Crippen molar-refractivity contribution in [3.05, 3.63) is 35.9 Å². The Hall–Kier alpha value is -1.26. The largest absolute Gasteiger partial charge is 0.445 e. The maximum absolute atomic E-state index is 11.5. The molecule has 0 aliphatic heterocycles. The number of nitrogens with two attached hydrogens (primary N) is 1. The smallest absolute Gasteiger partial charge is 0.407 e. The second-order valence-corrected chi connectivity index (χ2v) is 5.61. The lowest BCUT2D eigenvalue weighted by atomic mass is 10.1. The monoisotopic (exact) mass is 342 g/mol. The summed E-state index contributed by atoms with van der Waals surface area (Å²) in [5, 5.41) is 2.80. The summed E-state index contributed by atoms with van der Waals surface area (Å²) in [6.07, 6.45) is 9.37. The molecule has 0 atom stereocenters. The minimum Gasteiger partial charge on any atom is -0.445 e. The molecule has 0 saturated heterocycles. The molecule has 0 unspecified atom stereocenters. The third kappa shape index (κ3) is 12.9. The lowest BCUT2D eigenvalue weighted by Gasteiger charge is -2.07. The van der Waals surface area contributed by atoms with Gasteiger partial charge in [0.15, 0.2) is 0 Å². The second-order valence-electron chi connectivity index (χ2n) is 5.61.